The number of nitrogen functional groups attached to an aromatic ring is 1. The van der Waals surface area contributed by atoms with Gasteiger partial charge in [-0.3, -0.25) is 9.59 Å². The van der Waals surface area contributed by atoms with E-state index in [9.17, 15) is 22.8 Å². The number of nitrogens with zero attached hydrogens (tertiary/aromatic N) is 2. The number of aryl methyl sites for hydroxylation is 1. The lowest BCUT2D eigenvalue weighted by atomic mass is 9.97. The zero-order valence-electron chi connectivity index (χ0n) is 22.1. The van der Waals surface area contributed by atoms with Gasteiger partial charge in [-0.2, -0.15) is 13.2 Å². The Balaban J connectivity index is 1.41. The summed E-state index contributed by atoms with van der Waals surface area (Å²) in [5.74, 6) is -1.84. The molecule has 11 heteroatoms. The van der Waals surface area contributed by atoms with E-state index in [4.69, 9.17) is 5.73 Å². The van der Waals surface area contributed by atoms with Gasteiger partial charge in [0.1, 0.15) is 17.5 Å². The van der Waals surface area contributed by atoms with Crippen LogP contribution >= 0.6 is 0 Å². The monoisotopic (exact) mass is 573 g/mol. The molecule has 0 bridgehead atoms. The van der Waals surface area contributed by atoms with Crippen LogP contribution in [0.4, 0.5) is 34.8 Å². The van der Waals surface area contributed by atoms with Gasteiger partial charge in [0.25, 0.3) is 5.91 Å². The quantitative estimate of drug-likeness (QED) is 0.194. The van der Waals surface area contributed by atoms with Crippen LogP contribution in [0.2, 0.25) is 0 Å². The molecule has 0 spiro atoms. The van der Waals surface area contributed by atoms with Crippen LogP contribution in [-0.4, -0.2) is 21.8 Å². The van der Waals surface area contributed by atoms with E-state index in [2.05, 4.69) is 20.6 Å². The second-order valence-corrected chi connectivity index (χ2v) is 9.50. The Morgan fingerprint density at radius 3 is 2.33 bits per heavy atom. The van der Waals surface area contributed by atoms with Crippen molar-refractivity contribution in [2.24, 2.45) is 0 Å². The predicted molar refractivity (Wildman–Crippen MR) is 152 cm³/mol. The normalized spacial score (nSPS) is 11.4. The van der Waals surface area contributed by atoms with Gasteiger partial charge in [-0.05, 0) is 72.6 Å². The fraction of sp³-hybridized carbons (Fsp3) is 0.0968. The van der Waals surface area contributed by atoms with Crippen LogP contribution < -0.4 is 16.4 Å². The number of halogens is 4. The summed E-state index contributed by atoms with van der Waals surface area (Å²) < 4.78 is 55.1. The van der Waals surface area contributed by atoms with Gasteiger partial charge < -0.3 is 16.4 Å². The van der Waals surface area contributed by atoms with Gasteiger partial charge >= 0.3 is 6.18 Å². The lowest BCUT2D eigenvalue weighted by Crippen LogP contribution is -2.16. The van der Waals surface area contributed by atoms with Gasteiger partial charge in [-0.15, -0.1) is 0 Å². The Kier molecular flexibility index (Phi) is 7.58. The number of rotatable bonds is 6. The van der Waals surface area contributed by atoms with Crippen LogP contribution in [0.5, 0.6) is 0 Å². The summed E-state index contributed by atoms with van der Waals surface area (Å²) in [6.07, 6.45) is -4.77. The summed E-state index contributed by atoms with van der Waals surface area (Å²) in [6, 6.07) is 20.7. The first-order chi connectivity index (χ1) is 20.0. The van der Waals surface area contributed by atoms with Gasteiger partial charge in [0.05, 0.1) is 22.9 Å². The van der Waals surface area contributed by atoms with Gasteiger partial charge in [-0.25, -0.2) is 14.4 Å². The number of benzene rings is 4. The van der Waals surface area contributed by atoms with Crippen molar-refractivity contribution in [2.45, 2.75) is 19.5 Å². The third kappa shape index (κ3) is 6.04. The maximum atomic E-state index is 15.9. The number of nitrogens with one attached hydrogen (secondary N) is 2. The Morgan fingerprint density at radius 1 is 0.833 bits per heavy atom. The number of amides is 2. The molecule has 0 saturated heterocycles. The highest BCUT2D eigenvalue weighted by molar-refractivity contribution is 6.05. The molecule has 5 rings (SSSR count). The second-order valence-electron chi connectivity index (χ2n) is 9.50. The first kappa shape index (κ1) is 28.2. The standard InChI is InChI=1S/C31H23F4N5O2/c1-17-10-11-21(38-30(42)18-6-5-7-19(14-18)31(33,34)35)15-23(17)22-12-13-24-27(28(22)32)29(36)40-25(39-24)16-26(41)37-20-8-3-2-4-9-20/h2-15H,16H2,1H3,(H,37,41)(H,38,42)(H2,36,39,40). The summed E-state index contributed by atoms with van der Waals surface area (Å²) in [7, 11) is 0. The number of anilines is 3. The average Bonchev–Trinajstić information content (AvgIpc) is 2.94. The molecule has 5 aromatic rings. The highest BCUT2D eigenvalue weighted by Gasteiger charge is 2.31. The average molecular weight is 574 g/mol. The number of carbonyl (C=O) groups excluding carboxylic acids is 2. The van der Waals surface area contributed by atoms with E-state index in [1.165, 1.54) is 18.2 Å². The van der Waals surface area contributed by atoms with Crippen molar-refractivity contribution in [2.75, 3.05) is 16.4 Å². The molecule has 1 aromatic heterocycles. The molecular formula is C31H23F4N5O2. The van der Waals surface area contributed by atoms with Crippen molar-refractivity contribution in [3.8, 4) is 11.1 Å². The maximum absolute atomic E-state index is 15.9. The number of nitrogens with two attached hydrogens (primary N) is 1. The third-order valence-corrected chi connectivity index (χ3v) is 6.49. The fourth-order valence-corrected chi connectivity index (χ4v) is 4.45. The zero-order chi connectivity index (χ0) is 30.0. The topological polar surface area (TPSA) is 110 Å². The molecule has 1 heterocycles. The number of alkyl halides is 3. The van der Waals surface area contributed by atoms with E-state index >= 15 is 4.39 Å². The Bertz CT molecular complexity index is 1820. The third-order valence-electron chi connectivity index (χ3n) is 6.49. The number of hydrogen-bond donors (Lipinski definition) is 3. The van der Waals surface area contributed by atoms with Crippen molar-refractivity contribution in [3.05, 3.63) is 113 Å². The summed E-state index contributed by atoms with van der Waals surface area (Å²) in [6.45, 7) is 1.74. The van der Waals surface area contributed by atoms with E-state index in [1.54, 1.807) is 49.4 Å². The highest BCUT2D eigenvalue weighted by atomic mass is 19.4. The molecule has 0 fully saturated rings. The summed E-state index contributed by atoms with van der Waals surface area (Å²) in [4.78, 5) is 33.6. The maximum Gasteiger partial charge on any atom is 0.416 e. The smallest absolute Gasteiger partial charge is 0.383 e. The van der Waals surface area contributed by atoms with Gasteiger partial charge in [-0.1, -0.05) is 30.3 Å². The van der Waals surface area contributed by atoms with Crippen LogP contribution in [0.1, 0.15) is 27.3 Å². The van der Waals surface area contributed by atoms with Crippen molar-refractivity contribution >= 4 is 39.9 Å². The second kappa shape index (κ2) is 11.3. The number of para-hydroxylation sites is 1. The van der Waals surface area contributed by atoms with E-state index in [0.717, 1.165) is 18.2 Å². The Morgan fingerprint density at radius 2 is 1.60 bits per heavy atom. The van der Waals surface area contributed by atoms with Crippen molar-refractivity contribution < 1.29 is 27.2 Å². The van der Waals surface area contributed by atoms with Crippen LogP contribution in [0.25, 0.3) is 22.0 Å². The molecular weight excluding hydrogens is 550 g/mol. The lowest BCUT2D eigenvalue weighted by Gasteiger charge is -2.14. The molecule has 4 N–H and O–H groups in total. The fourth-order valence-electron chi connectivity index (χ4n) is 4.45. The van der Waals surface area contributed by atoms with Crippen LogP contribution in [0, 0.1) is 12.7 Å². The van der Waals surface area contributed by atoms with Gasteiger partial charge in [0.15, 0.2) is 0 Å². The highest BCUT2D eigenvalue weighted by Crippen LogP contribution is 2.34. The first-order valence-electron chi connectivity index (χ1n) is 12.7. The first-order valence-corrected chi connectivity index (χ1v) is 12.7. The molecule has 0 aliphatic carbocycles. The van der Waals surface area contributed by atoms with E-state index in [-0.39, 0.29) is 51.7 Å². The SMILES string of the molecule is Cc1ccc(NC(=O)c2cccc(C(F)(F)F)c2)cc1-c1ccc2nc(CC(=O)Nc3ccccc3)nc(N)c2c1F. The van der Waals surface area contributed by atoms with E-state index in [1.807, 2.05) is 6.07 Å². The molecule has 0 aliphatic heterocycles. The number of fused-ring (bicyclic) bond motifs is 1. The largest absolute Gasteiger partial charge is 0.416 e. The Hall–Kier alpha value is -5.32. The van der Waals surface area contributed by atoms with E-state index in [0.29, 0.717) is 16.8 Å². The molecule has 212 valence electrons. The van der Waals surface area contributed by atoms with Crippen molar-refractivity contribution in [3.63, 3.8) is 0 Å². The minimum Gasteiger partial charge on any atom is -0.383 e. The van der Waals surface area contributed by atoms with Crippen LogP contribution in [0.15, 0.2) is 84.9 Å². The number of hydrogen-bond acceptors (Lipinski definition) is 5. The summed E-state index contributed by atoms with van der Waals surface area (Å²) in [5, 5.41) is 5.27. The molecule has 0 aliphatic rings. The summed E-state index contributed by atoms with van der Waals surface area (Å²) in [5.41, 5.74) is 7.29. The van der Waals surface area contributed by atoms with Crippen LogP contribution in [0.3, 0.4) is 0 Å². The lowest BCUT2D eigenvalue weighted by molar-refractivity contribution is -0.137. The number of aromatic nitrogens is 2. The molecule has 0 radical (unpaired) electrons. The molecule has 0 unspecified atom stereocenters. The molecule has 42 heavy (non-hydrogen) atoms. The molecule has 2 amide bonds. The Labute approximate surface area is 237 Å². The van der Waals surface area contributed by atoms with Crippen LogP contribution in [-0.2, 0) is 17.4 Å². The number of carbonyl (C=O) groups is 2. The minimum atomic E-state index is -4.60. The zero-order valence-corrected chi connectivity index (χ0v) is 22.1. The van der Waals surface area contributed by atoms with E-state index < -0.39 is 23.5 Å². The van der Waals surface area contributed by atoms with Crippen molar-refractivity contribution in [1.29, 1.82) is 0 Å². The molecule has 7 nitrogen and oxygen atoms in total. The predicted octanol–water partition coefficient (Wildman–Crippen LogP) is 6.78. The summed E-state index contributed by atoms with van der Waals surface area (Å²) >= 11 is 0. The van der Waals surface area contributed by atoms with Gasteiger partial charge in [0.2, 0.25) is 5.91 Å². The minimum absolute atomic E-state index is 0.0301. The molecule has 4 aromatic carbocycles. The molecule has 0 saturated carbocycles. The van der Waals surface area contributed by atoms with Gasteiger partial charge in [0, 0.05) is 22.5 Å². The molecule has 0 atom stereocenters. The van der Waals surface area contributed by atoms with Crippen molar-refractivity contribution in [1.82, 2.24) is 9.97 Å².